The number of halogens is 3. The van der Waals surface area contributed by atoms with Crippen LogP contribution in [0.15, 0.2) is 42.0 Å². The zero-order valence-corrected chi connectivity index (χ0v) is 18.6. The first kappa shape index (κ1) is 26.3. The molecule has 2 aromatic carbocycles. The van der Waals surface area contributed by atoms with Crippen molar-refractivity contribution >= 4 is 23.8 Å². The molecule has 0 heterocycles. The van der Waals surface area contributed by atoms with Gasteiger partial charge in [0, 0.05) is 17.2 Å². The molecule has 0 aromatic heterocycles. The van der Waals surface area contributed by atoms with E-state index in [0.29, 0.717) is 6.08 Å². The van der Waals surface area contributed by atoms with Crippen LogP contribution in [0.25, 0.3) is 12.2 Å². The van der Waals surface area contributed by atoms with Crippen LogP contribution in [0.2, 0.25) is 0 Å². The van der Waals surface area contributed by atoms with Gasteiger partial charge in [-0.15, -0.1) is 0 Å². The zero-order valence-electron chi connectivity index (χ0n) is 18.6. The lowest BCUT2D eigenvalue weighted by Gasteiger charge is -2.16. The van der Waals surface area contributed by atoms with Gasteiger partial charge in [-0.25, -0.2) is 5.48 Å². The number of carbonyl (C=O) groups is 2. The standard InChI is InChI=1S/C23H22F3NO7/c1-31-17-7-5-13(9-14(17)6-8-20(28)27-30)10-16(23(24,25)26)21(29)15-11-18(32-2)22(34-4)19(12-15)33-3/h5-12,30H,1-4H3,(H,27,28)/b8-6+,16-10-. The van der Waals surface area contributed by atoms with Crippen LogP contribution in [-0.2, 0) is 4.79 Å². The van der Waals surface area contributed by atoms with Crippen LogP contribution in [0, 0.1) is 0 Å². The van der Waals surface area contributed by atoms with E-state index < -0.39 is 23.4 Å². The third kappa shape index (κ3) is 6.07. The molecule has 0 aliphatic rings. The number of ether oxygens (including phenoxy) is 4. The first-order valence-corrected chi connectivity index (χ1v) is 9.53. The van der Waals surface area contributed by atoms with Gasteiger partial charge in [-0.2, -0.15) is 13.2 Å². The summed E-state index contributed by atoms with van der Waals surface area (Å²) in [5.41, 5.74) is -0.129. The van der Waals surface area contributed by atoms with Crippen LogP contribution >= 0.6 is 0 Å². The van der Waals surface area contributed by atoms with E-state index in [9.17, 15) is 22.8 Å². The molecule has 34 heavy (non-hydrogen) atoms. The summed E-state index contributed by atoms with van der Waals surface area (Å²) >= 11 is 0. The van der Waals surface area contributed by atoms with Crippen molar-refractivity contribution in [3.8, 4) is 23.0 Å². The van der Waals surface area contributed by atoms with Crippen LogP contribution in [0.1, 0.15) is 21.5 Å². The predicted octanol–water partition coefficient (Wildman–Crippen LogP) is 4.07. The molecule has 0 saturated heterocycles. The third-order valence-electron chi connectivity index (χ3n) is 4.57. The lowest BCUT2D eigenvalue weighted by atomic mass is 9.98. The molecule has 0 fully saturated rings. The second kappa shape index (κ2) is 11.2. The molecule has 8 nitrogen and oxygen atoms in total. The summed E-state index contributed by atoms with van der Waals surface area (Å²) in [4.78, 5) is 24.2. The molecule has 0 saturated carbocycles. The summed E-state index contributed by atoms with van der Waals surface area (Å²) in [5, 5.41) is 8.60. The van der Waals surface area contributed by atoms with E-state index in [1.54, 1.807) is 0 Å². The lowest BCUT2D eigenvalue weighted by molar-refractivity contribution is -0.124. The van der Waals surface area contributed by atoms with Crippen molar-refractivity contribution in [1.82, 2.24) is 5.48 Å². The molecule has 0 radical (unpaired) electrons. The number of amides is 1. The number of Topliss-reactive ketones (excluding diaryl/α,β-unsaturated/α-hetero) is 1. The Balaban J connectivity index is 2.62. The average molecular weight is 481 g/mol. The van der Waals surface area contributed by atoms with Crippen molar-refractivity contribution in [2.24, 2.45) is 0 Å². The smallest absolute Gasteiger partial charge is 0.420 e. The second-order valence-corrected chi connectivity index (χ2v) is 6.61. The Morgan fingerprint density at radius 3 is 1.97 bits per heavy atom. The molecular formula is C23H22F3NO7. The largest absolute Gasteiger partial charge is 0.496 e. The maximum atomic E-state index is 13.9. The molecule has 0 unspecified atom stereocenters. The molecular weight excluding hydrogens is 459 g/mol. The summed E-state index contributed by atoms with van der Waals surface area (Å²) in [6.07, 6.45) is -2.13. The molecule has 11 heteroatoms. The highest BCUT2D eigenvalue weighted by Crippen LogP contribution is 2.40. The van der Waals surface area contributed by atoms with Crippen LogP contribution in [0.5, 0.6) is 23.0 Å². The Bertz CT molecular complexity index is 1100. The number of methoxy groups -OCH3 is 4. The van der Waals surface area contributed by atoms with Gasteiger partial charge in [0.1, 0.15) is 11.3 Å². The molecule has 1 amide bonds. The van der Waals surface area contributed by atoms with Gasteiger partial charge < -0.3 is 18.9 Å². The highest BCUT2D eigenvalue weighted by molar-refractivity contribution is 6.12. The van der Waals surface area contributed by atoms with Gasteiger partial charge in [-0.05, 0) is 42.0 Å². The average Bonchev–Trinajstić information content (AvgIpc) is 2.83. The maximum absolute atomic E-state index is 13.9. The fraction of sp³-hybridized carbons (Fsp3) is 0.217. The Kier molecular flexibility index (Phi) is 8.68. The number of hydrogen-bond acceptors (Lipinski definition) is 7. The van der Waals surface area contributed by atoms with E-state index in [1.807, 2.05) is 0 Å². The van der Waals surface area contributed by atoms with Crippen molar-refractivity contribution < 1.29 is 46.9 Å². The Labute approximate surface area is 193 Å². The summed E-state index contributed by atoms with van der Waals surface area (Å²) < 4.78 is 62.2. The van der Waals surface area contributed by atoms with Crippen LogP contribution in [0.3, 0.4) is 0 Å². The van der Waals surface area contributed by atoms with Gasteiger partial charge in [-0.3, -0.25) is 14.8 Å². The van der Waals surface area contributed by atoms with E-state index in [-0.39, 0.29) is 39.7 Å². The Morgan fingerprint density at radius 1 is 0.912 bits per heavy atom. The van der Waals surface area contributed by atoms with Gasteiger partial charge >= 0.3 is 6.18 Å². The number of rotatable bonds is 9. The van der Waals surface area contributed by atoms with E-state index in [2.05, 4.69) is 0 Å². The Morgan fingerprint density at radius 2 is 1.50 bits per heavy atom. The summed E-state index contributed by atoms with van der Waals surface area (Å²) in [7, 11) is 5.21. The minimum atomic E-state index is -5.00. The molecule has 2 rings (SSSR count). The number of hydroxylamine groups is 1. The van der Waals surface area contributed by atoms with Crippen LogP contribution in [-0.4, -0.2) is 51.5 Å². The van der Waals surface area contributed by atoms with Gasteiger partial charge in [0.05, 0.1) is 28.4 Å². The molecule has 0 aliphatic carbocycles. The molecule has 2 aromatic rings. The van der Waals surface area contributed by atoms with Crippen molar-refractivity contribution in [2.45, 2.75) is 6.18 Å². The quantitative estimate of drug-likeness (QED) is 0.241. The van der Waals surface area contributed by atoms with Gasteiger partial charge in [0.25, 0.3) is 5.91 Å². The van der Waals surface area contributed by atoms with E-state index in [0.717, 1.165) is 18.2 Å². The van der Waals surface area contributed by atoms with Crippen molar-refractivity contribution in [2.75, 3.05) is 28.4 Å². The fourth-order valence-electron chi connectivity index (χ4n) is 2.99. The zero-order chi connectivity index (χ0) is 25.5. The molecule has 2 N–H and O–H groups in total. The van der Waals surface area contributed by atoms with Gasteiger partial charge in [-0.1, -0.05) is 6.07 Å². The molecule has 182 valence electrons. The van der Waals surface area contributed by atoms with Crippen LogP contribution < -0.4 is 24.4 Å². The number of hydrogen-bond donors (Lipinski definition) is 2. The van der Waals surface area contributed by atoms with E-state index in [4.69, 9.17) is 24.2 Å². The van der Waals surface area contributed by atoms with Gasteiger partial charge in [0.15, 0.2) is 17.3 Å². The molecule has 0 atom stereocenters. The number of carbonyl (C=O) groups excluding carboxylic acids is 2. The third-order valence-corrected chi connectivity index (χ3v) is 4.57. The topological polar surface area (TPSA) is 103 Å². The number of ketones is 1. The number of nitrogens with one attached hydrogen (secondary N) is 1. The SMILES string of the molecule is COc1ccc(/C=C(/C(=O)c2cc(OC)c(OC)c(OC)c2)C(F)(F)F)cc1/C=C/C(=O)NO. The van der Waals surface area contributed by atoms with E-state index >= 15 is 0 Å². The summed E-state index contributed by atoms with van der Waals surface area (Å²) in [6.45, 7) is 0. The highest BCUT2D eigenvalue weighted by Gasteiger charge is 2.39. The van der Waals surface area contributed by atoms with Crippen molar-refractivity contribution in [1.29, 1.82) is 0 Å². The number of alkyl halides is 3. The lowest BCUT2D eigenvalue weighted by Crippen LogP contribution is -2.20. The first-order chi connectivity index (χ1) is 16.1. The second-order valence-electron chi connectivity index (χ2n) is 6.61. The Hall–Kier alpha value is -3.99. The molecule has 0 spiro atoms. The summed E-state index contributed by atoms with van der Waals surface area (Å²) in [5.74, 6) is -1.76. The predicted molar refractivity (Wildman–Crippen MR) is 116 cm³/mol. The van der Waals surface area contributed by atoms with Gasteiger partial charge in [0.2, 0.25) is 5.75 Å². The fourth-order valence-corrected chi connectivity index (χ4v) is 2.99. The maximum Gasteiger partial charge on any atom is 0.420 e. The normalized spacial score (nSPS) is 11.8. The molecule has 0 aliphatic heterocycles. The van der Waals surface area contributed by atoms with Crippen molar-refractivity contribution in [3.63, 3.8) is 0 Å². The number of benzene rings is 2. The minimum Gasteiger partial charge on any atom is -0.496 e. The van der Waals surface area contributed by atoms with Crippen molar-refractivity contribution in [3.05, 3.63) is 58.7 Å². The highest BCUT2D eigenvalue weighted by atomic mass is 19.4. The monoisotopic (exact) mass is 481 g/mol. The summed E-state index contributed by atoms with van der Waals surface area (Å²) in [6, 6.07) is 6.23. The van der Waals surface area contributed by atoms with E-state index in [1.165, 1.54) is 58.2 Å². The minimum absolute atomic E-state index is 0.0120. The number of allylic oxidation sites excluding steroid dienone is 1. The molecule has 0 bridgehead atoms. The first-order valence-electron chi connectivity index (χ1n) is 9.53. The van der Waals surface area contributed by atoms with Crippen LogP contribution in [0.4, 0.5) is 13.2 Å².